The maximum atomic E-state index is 13.3. The van der Waals surface area contributed by atoms with E-state index in [1.54, 1.807) is 30.3 Å². The molecule has 1 fully saturated rings. The minimum atomic E-state index is -0.681. The van der Waals surface area contributed by atoms with Crippen molar-refractivity contribution in [2.45, 2.75) is 6.61 Å². The van der Waals surface area contributed by atoms with Crippen LogP contribution in [0.3, 0.4) is 0 Å². The first-order valence-corrected chi connectivity index (χ1v) is 9.60. The van der Waals surface area contributed by atoms with E-state index in [0.29, 0.717) is 22.6 Å². The van der Waals surface area contributed by atoms with Crippen LogP contribution in [-0.2, 0) is 20.9 Å². The molecule has 1 heterocycles. The average Bonchev–Trinajstić information content (AvgIpc) is 2.99. The van der Waals surface area contributed by atoms with Gasteiger partial charge in [-0.3, -0.25) is 19.3 Å². The number of methoxy groups -OCH3 is 2. The maximum absolute atomic E-state index is 13.3. The smallest absolute Gasteiger partial charge is 0.325 e. The zero-order chi connectivity index (χ0) is 21.7. The lowest BCUT2D eigenvalue weighted by Crippen LogP contribution is -2.34. The standard InChI is InChI=1S/C21H18FNO6S/c1-27-17-9-13(6-7-16(17)29-12-14-4-3-5-15(22)8-14)10-18-20(25)23(21(26)30-18)11-19(24)28-2/h3-10H,11-12H2,1-2H3/b18-10+. The normalized spacial score (nSPS) is 14.9. The van der Waals surface area contributed by atoms with Crippen molar-refractivity contribution in [3.63, 3.8) is 0 Å². The first kappa shape index (κ1) is 21.4. The summed E-state index contributed by atoms with van der Waals surface area (Å²) >= 11 is 0.739. The van der Waals surface area contributed by atoms with E-state index < -0.39 is 23.7 Å². The van der Waals surface area contributed by atoms with Crippen LogP contribution < -0.4 is 9.47 Å². The van der Waals surface area contributed by atoms with Crippen LogP contribution in [0.15, 0.2) is 47.4 Å². The van der Waals surface area contributed by atoms with E-state index in [-0.39, 0.29) is 17.3 Å². The Balaban J connectivity index is 1.75. The van der Waals surface area contributed by atoms with Crippen molar-refractivity contribution in [3.8, 4) is 11.5 Å². The molecule has 0 spiro atoms. The van der Waals surface area contributed by atoms with Crippen LogP contribution in [0.2, 0.25) is 0 Å². The first-order valence-electron chi connectivity index (χ1n) is 8.78. The zero-order valence-electron chi connectivity index (χ0n) is 16.2. The molecular formula is C21H18FNO6S. The first-order chi connectivity index (χ1) is 14.4. The van der Waals surface area contributed by atoms with Gasteiger partial charge in [0.1, 0.15) is 19.0 Å². The highest BCUT2D eigenvalue weighted by Gasteiger charge is 2.36. The van der Waals surface area contributed by atoms with Gasteiger partial charge in [-0.15, -0.1) is 0 Å². The van der Waals surface area contributed by atoms with Crippen LogP contribution in [0, 0.1) is 5.82 Å². The fraction of sp³-hybridized carbons (Fsp3) is 0.190. The number of amides is 2. The van der Waals surface area contributed by atoms with Crippen LogP contribution in [-0.4, -0.2) is 42.8 Å². The molecule has 1 saturated heterocycles. The summed E-state index contributed by atoms with van der Waals surface area (Å²) in [6.45, 7) is -0.283. The van der Waals surface area contributed by atoms with Gasteiger partial charge in [0.25, 0.3) is 11.1 Å². The van der Waals surface area contributed by atoms with Gasteiger partial charge in [0, 0.05) is 0 Å². The summed E-state index contributed by atoms with van der Waals surface area (Å²) in [5, 5.41) is -0.543. The maximum Gasteiger partial charge on any atom is 0.325 e. The number of hydrogen-bond donors (Lipinski definition) is 0. The largest absolute Gasteiger partial charge is 0.493 e. The highest BCUT2D eigenvalue weighted by atomic mass is 32.2. The Morgan fingerprint density at radius 2 is 1.93 bits per heavy atom. The number of imide groups is 1. The fourth-order valence-corrected chi connectivity index (χ4v) is 3.50. The predicted molar refractivity (Wildman–Crippen MR) is 108 cm³/mol. The topological polar surface area (TPSA) is 82.1 Å². The van der Waals surface area contributed by atoms with Crippen molar-refractivity contribution in [3.05, 3.63) is 64.3 Å². The van der Waals surface area contributed by atoms with Gasteiger partial charge in [-0.2, -0.15) is 0 Å². The van der Waals surface area contributed by atoms with E-state index in [9.17, 15) is 18.8 Å². The minimum Gasteiger partial charge on any atom is -0.493 e. The summed E-state index contributed by atoms with van der Waals surface area (Å²) in [6, 6.07) is 11.1. The molecule has 156 valence electrons. The number of carbonyl (C=O) groups excluding carboxylic acids is 3. The van der Waals surface area contributed by atoms with Crippen LogP contribution in [0.4, 0.5) is 9.18 Å². The second kappa shape index (κ2) is 9.45. The van der Waals surface area contributed by atoms with Crippen molar-refractivity contribution < 1.29 is 33.0 Å². The summed E-state index contributed by atoms with van der Waals surface area (Å²) in [5.41, 5.74) is 1.27. The number of halogens is 1. The van der Waals surface area contributed by atoms with Crippen molar-refractivity contribution in [1.29, 1.82) is 0 Å². The van der Waals surface area contributed by atoms with E-state index in [2.05, 4.69) is 4.74 Å². The number of thioether (sulfide) groups is 1. The third-order valence-corrected chi connectivity index (χ3v) is 5.06. The van der Waals surface area contributed by atoms with Gasteiger partial charge in [-0.05, 0) is 53.2 Å². The van der Waals surface area contributed by atoms with Gasteiger partial charge >= 0.3 is 5.97 Å². The van der Waals surface area contributed by atoms with Crippen molar-refractivity contribution in [1.82, 2.24) is 4.90 Å². The molecule has 7 nitrogen and oxygen atoms in total. The molecule has 1 aliphatic rings. The lowest BCUT2D eigenvalue weighted by Gasteiger charge is -2.12. The molecular weight excluding hydrogens is 413 g/mol. The monoisotopic (exact) mass is 431 g/mol. The molecule has 0 aliphatic carbocycles. The number of esters is 1. The van der Waals surface area contributed by atoms with Gasteiger partial charge in [-0.1, -0.05) is 18.2 Å². The van der Waals surface area contributed by atoms with Crippen LogP contribution in [0.25, 0.3) is 6.08 Å². The summed E-state index contributed by atoms with van der Waals surface area (Å²) in [7, 11) is 2.65. The molecule has 3 rings (SSSR count). The van der Waals surface area contributed by atoms with Gasteiger partial charge in [0.05, 0.1) is 19.1 Å². The van der Waals surface area contributed by atoms with Crippen molar-refractivity contribution >= 4 is 35.0 Å². The minimum absolute atomic E-state index is 0.153. The SMILES string of the molecule is COC(=O)CN1C(=O)S/C(=C/c2ccc(OCc3cccc(F)c3)c(OC)c2)C1=O. The van der Waals surface area contributed by atoms with Gasteiger partial charge in [0.15, 0.2) is 11.5 Å². The van der Waals surface area contributed by atoms with Crippen molar-refractivity contribution in [2.24, 2.45) is 0 Å². The zero-order valence-corrected chi connectivity index (χ0v) is 17.0. The number of nitrogens with zero attached hydrogens (tertiary/aromatic N) is 1. The number of rotatable bonds is 7. The Labute approximate surface area is 176 Å². The quantitative estimate of drug-likeness (QED) is 0.489. The van der Waals surface area contributed by atoms with Crippen LogP contribution >= 0.6 is 11.8 Å². The Morgan fingerprint density at radius 3 is 2.63 bits per heavy atom. The summed E-state index contributed by atoms with van der Waals surface area (Å²) in [5.74, 6) is -0.743. The molecule has 0 aromatic heterocycles. The number of hydrogen-bond acceptors (Lipinski definition) is 7. The average molecular weight is 431 g/mol. The Kier molecular flexibility index (Phi) is 6.73. The van der Waals surface area contributed by atoms with Gasteiger partial charge in [0.2, 0.25) is 0 Å². The van der Waals surface area contributed by atoms with E-state index >= 15 is 0 Å². The lowest BCUT2D eigenvalue weighted by atomic mass is 10.1. The molecule has 0 unspecified atom stereocenters. The van der Waals surface area contributed by atoms with E-state index in [1.165, 1.54) is 32.4 Å². The Bertz CT molecular complexity index is 1020. The van der Waals surface area contributed by atoms with E-state index in [0.717, 1.165) is 16.7 Å². The molecule has 0 radical (unpaired) electrons. The molecule has 9 heteroatoms. The molecule has 0 bridgehead atoms. The number of carbonyl (C=O) groups is 3. The molecule has 0 saturated carbocycles. The van der Waals surface area contributed by atoms with Gasteiger partial charge in [-0.25, -0.2) is 4.39 Å². The predicted octanol–water partition coefficient (Wildman–Crippen LogP) is 3.62. The Hall–Kier alpha value is -3.33. The van der Waals surface area contributed by atoms with Crippen LogP contribution in [0.1, 0.15) is 11.1 Å². The summed E-state index contributed by atoms with van der Waals surface area (Å²) in [6.07, 6.45) is 1.53. The molecule has 2 aromatic carbocycles. The summed E-state index contributed by atoms with van der Waals surface area (Å²) < 4.78 is 28.8. The highest BCUT2D eigenvalue weighted by molar-refractivity contribution is 8.18. The van der Waals surface area contributed by atoms with Gasteiger partial charge < -0.3 is 14.2 Å². The van der Waals surface area contributed by atoms with Crippen molar-refractivity contribution in [2.75, 3.05) is 20.8 Å². The van der Waals surface area contributed by atoms with Crippen LogP contribution in [0.5, 0.6) is 11.5 Å². The number of benzene rings is 2. The molecule has 2 amide bonds. The molecule has 2 aromatic rings. The third kappa shape index (κ3) is 4.98. The molecule has 30 heavy (non-hydrogen) atoms. The second-order valence-electron chi connectivity index (χ2n) is 6.17. The highest BCUT2D eigenvalue weighted by Crippen LogP contribution is 2.34. The molecule has 1 aliphatic heterocycles. The second-order valence-corrected chi connectivity index (χ2v) is 7.17. The molecule has 0 N–H and O–H groups in total. The summed E-state index contributed by atoms with van der Waals surface area (Å²) in [4.78, 5) is 36.8. The Morgan fingerprint density at radius 1 is 1.13 bits per heavy atom. The van der Waals surface area contributed by atoms with E-state index in [4.69, 9.17) is 9.47 Å². The lowest BCUT2D eigenvalue weighted by molar-refractivity contribution is -0.143. The number of ether oxygens (including phenoxy) is 3. The third-order valence-electron chi connectivity index (χ3n) is 4.16. The molecule has 0 atom stereocenters. The fourth-order valence-electron chi connectivity index (χ4n) is 2.66. The van der Waals surface area contributed by atoms with E-state index in [1.807, 2.05) is 0 Å².